The Bertz CT molecular complexity index is 1520. The molecular formula is C36H36N2O2. The van der Waals surface area contributed by atoms with E-state index in [4.69, 9.17) is 20.9 Å². The van der Waals surface area contributed by atoms with Crippen molar-refractivity contribution in [2.45, 2.75) is 38.5 Å². The van der Waals surface area contributed by atoms with Crippen LogP contribution in [0.1, 0.15) is 49.9 Å². The fourth-order valence-electron chi connectivity index (χ4n) is 5.39. The Labute approximate surface area is 237 Å². The van der Waals surface area contributed by atoms with Gasteiger partial charge in [0, 0.05) is 22.0 Å². The van der Waals surface area contributed by atoms with Crippen LogP contribution in [-0.4, -0.2) is 0 Å². The van der Waals surface area contributed by atoms with Gasteiger partial charge < -0.3 is 20.9 Å². The van der Waals surface area contributed by atoms with Gasteiger partial charge in [-0.3, -0.25) is 0 Å². The summed E-state index contributed by atoms with van der Waals surface area (Å²) in [7, 11) is 0. The molecule has 0 atom stereocenters. The van der Waals surface area contributed by atoms with Crippen LogP contribution in [0.4, 0.5) is 11.4 Å². The Morgan fingerprint density at radius 1 is 0.375 bits per heavy atom. The van der Waals surface area contributed by atoms with E-state index in [1.165, 1.54) is 11.1 Å². The summed E-state index contributed by atoms with van der Waals surface area (Å²) < 4.78 is 12.8. The summed E-state index contributed by atoms with van der Waals surface area (Å²) in [5, 5.41) is 0. The third kappa shape index (κ3) is 5.13. The lowest BCUT2D eigenvalue weighted by molar-refractivity contribution is 0.455. The van der Waals surface area contributed by atoms with Crippen molar-refractivity contribution < 1.29 is 9.47 Å². The first-order chi connectivity index (χ1) is 19.2. The van der Waals surface area contributed by atoms with Crippen molar-refractivity contribution >= 4 is 11.4 Å². The van der Waals surface area contributed by atoms with Crippen molar-refractivity contribution in [2.75, 3.05) is 11.5 Å². The van der Waals surface area contributed by atoms with Gasteiger partial charge in [0.1, 0.15) is 23.0 Å². The number of hydrogen-bond donors (Lipinski definition) is 2. The molecule has 0 aliphatic rings. The van der Waals surface area contributed by atoms with Crippen LogP contribution in [0.2, 0.25) is 0 Å². The van der Waals surface area contributed by atoms with Crippen LogP contribution < -0.4 is 20.9 Å². The molecule has 0 heterocycles. The highest BCUT2D eigenvalue weighted by Crippen LogP contribution is 2.46. The van der Waals surface area contributed by atoms with Gasteiger partial charge >= 0.3 is 0 Å². The molecule has 5 aromatic rings. The standard InChI is InChI=1S/C36H36N2O2/c1-35(2,27-17-7-11-21-31(27)39-33-23-13-9-19-29(33)37)25-15-5-6-16-26(25)36(3,4)28-18-8-12-22-32(28)40-34-24-14-10-20-30(34)38/h5-24H,37-38H2,1-4H3. The number of ether oxygens (including phenoxy) is 2. The minimum Gasteiger partial charge on any atom is -0.455 e. The molecule has 0 bridgehead atoms. The lowest BCUT2D eigenvalue weighted by atomic mass is 9.68. The third-order valence-corrected chi connectivity index (χ3v) is 7.67. The maximum absolute atomic E-state index is 6.40. The van der Waals surface area contributed by atoms with E-state index in [2.05, 4.69) is 76.2 Å². The minimum atomic E-state index is -0.395. The van der Waals surface area contributed by atoms with Crippen molar-refractivity contribution in [3.05, 3.63) is 144 Å². The van der Waals surface area contributed by atoms with Crippen molar-refractivity contribution in [3.8, 4) is 23.0 Å². The normalized spacial score (nSPS) is 11.7. The van der Waals surface area contributed by atoms with Gasteiger partial charge in [0.2, 0.25) is 0 Å². The minimum absolute atomic E-state index is 0.395. The quantitative estimate of drug-likeness (QED) is 0.197. The summed E-state index contributed by atoms with van der Waals surface area (Å²) in [5.41, 5.74) is 17.4. The van der Waals surface area contributed by atoms with Crippen LogP contribution in [-0.2, 0) is 10.8 Å². The lowest BCUT2D eigenvalue weighted by Gasteiger charge is -2.36. The van der Waals surface area contributed by atoms with Crippen LogP contribution >= 0.6 is 0 Å². The second-order valence-corrected chi connectivity index (χ2v) is 11.1. The number of anilines is 2. The average molecular weight is 529 g/mol. The molecule has 40 heavy (non-hydrogen) atoms. The molecule has 0 radical (unpaired) electrons. The summed E-state index contributed by atoms with van der Waals surface area (Å²) in [6.07, 6.45) is 0. The number of rotatable bonds is 8. The van der Waals surface area contributed by atoms with E-state index in [-0.39, 0.29) is 0 Å². The van der Waals surface area contributed by atoms with Gasteiger partial charge in [-0.25, -0.2) is 0 Å². The van der Waals surface area contributed by atoms with Gasteiger partial charge in [-0.2, -0.15) is 0 Å². The Morgan fingerprint density at radius 2 is 0.650 bits per heavy atom. The Morgan fingerprint density at radius 3 is 1.00 bits per heavy atom. The Kier molecular flexibility index (Phi) is 7.27. The highest BCUT2D eigenvalue weighted by Gasteiger charge is 2.35. The molecular weight excluding hydrogens is 492 g/mol. The van der Waals surface area contributed by atoms with Crippen molar-refractivity contribution in [2.24, 2.45) is 0 Å². The molecule has 202 valence electrons. The van der Waals surface area contributed by atoms with E-state index in [1.807, 2.05) is 72.8 Å². The molecule has 0 unspecified atom stereocenters. The first kappa shape index (κ1) is 26.9. The van der Waals surface area contributed by atoms with Gasteiger partial charge in [0.05, 0.1) is 11.4 Å². The zero-order valence-electron chi connectivity index (χ0n) is 23.5. The number of nitrogens with two attached hydrogens (primary N) is 2. The number of hydrogen-bond acceptors (Lipinski definition) is 4. The highest BCUT2D eigenvalue weighted by molar-refractivity contribution is 5.59. The molecule has 0 aliphatic heterocycles. The summed E-state index contributed by atoms with van der Waals surface area (Å²) in [4.78, 5) is 0. The Hall–Kier alpha value is -4.70. The maximum atomic E-state index is 6.40. The summed E-state index contributed by atoms with van der Waals surface area (Å²) in [5.74, 6) is 2.85. The van der Waals surface area contributed by atoms with Crippen LogP contribution in [0.5, 0.6) is 23.0 Å². The fourth-order valence-corrected chi connectivity index (χ4v) is 5.39. The third-order valence-electron chi connectivity index (χ3n) is 7.67. The Balaban J connectivity index is 1.59. The summed E-state index contributed by atoms with van der Waals surface area (Å²) in [6.45, 7) is 8.97. The summed E-state index contributed by atoms with van der Waals surface area (Å²) >= 11 is 0. The summed E-state index contributed by atoms with van der Waals surface area (Å²) in [6, 6.07) is 40.2. The molecule has 0 fully saturated rings. The molecule has 0 saturated carbocycles. The molecule has 0 spiro atoms. The number of nitrogen functional groups attached to an aromatic ring is 2. The van der Waals surface area contributed by atoms with E-state index in [0.717, 1.165) is 22.6 Å². The predicted molar refractivity (Wildman–Crippen MR) is 165 cm³/mol. The molecule has 0 aromatic heterocycles. The molecule has 0 amide bonds. The largest absolute Gasteiger partial charge is 0.455 e. The zero-order valence-corrected chi connectivity index (χ0v) is 23.5. The zero-order chi connectivity index (χ0) is 28.3. The first-order valence-corrected chi connectivity index (χ1v) is 13.5. The van der Waals surface area contributed by atoms with Crippen LogP contribution in [0, 0.1) is 0 Å². The van der Waals surface area contributed by atoms with Crippen LogP contribution in [0.3, 0.4) is 0 Å². The topological polar surface area (TPSA) is 70.5 Å². The molecule has 4 nitrogen and oxygen atoms in total. The fraction of sp³-hybridized carbons (Fsp3) is 0.167. The van der Waals surface area contributed by atoms with Crippen molar-refractivity contribution in [3.63, 3.8) is 0 Å². The van der Waals surface area contributed by atoms with E-state index < -0.39 is 10.8 Å². The van der Waals surface area contributed by atoms with E-state index in [0.29, 0.717) is 22.9 Å². The van der Waals surface area contributed by atoms with Gasteiger partial charge in [0.15, 0.2) is 0 Å². The average Bonchev–Trinajstić information content (AvgIpc) is 2.96. The molecule has 5 rings (SSSR count). The number of para-hydroxylation sites is 6. The molecule has 4 N–H and O–H groups in total. The van der Waals surface area contributed by atoms with E-state index >= 15 is 0 Å². The monoisotopic (exact) mass is 528 g/mol. The second kappa shape index (κ2) is 10.8. The van der Waals surface area contributed by atoms with Crippen molar-refractivity contribution in [1.82, 2.24) is 0 Å². The van der Waals surface area contributed by atoms with Gasteiger partial charge in [0.25, 0.3) is 0 Å². The van der Waals surface area contributed by atoms with Gasteiger partial charge in [-0.15, -0.1) is 0 Å². The van der Waals surface area contributed by atoms with Crippen LogP contribution in [0.15, 0.2) is 121 Å². The first-order valence-electron chi connectivity index (χ1n) is 13.5. The maximum Gasteiger partial charge on any atom is 0.150 e. The van der Waals surface area contributed by atoms with E-state index in [1.54, 1.807) is 0 Å². The van der Waals surface area contributed by atoms with Crippen molar-refractivity contribution in [1.29, 1.82) is 0 Å². The SMILES string of the molecule is CC(C)(c1ccccc1Oc1ccccc1N)c1ccccc1C(C)(C)c1ccccc1Oc1ccccc1N. The molecule has 0 saturated heterocycles. The predicted octanol–water partition coefficient (Wildman–Crippen LogP) is 9.09. The highest BCUT2D eigenvalue weighted by atomic mass is 16.5. The smallest absolute Gasteiger partial charge is 0.150 e. The lowest BCUT2D eigenvalue weighted by Crippen LogP contribution is -2.28. The molecule has 0 aliphatic carbocycles. The second-order valence-electron chi connectivity index (χ2n) is 11.1. The molecule has 4 heteroatoms. The van der Waals surface area contributed by atoms with Gasteiger partial charge in [-0.1, -0.05) is 113 Å². The number of benzene rings is 5. The van der Waals surface area contributed by atoms with Crippen LogP contribution in [0.25, 0.3) is 0 Å². The van der Waals surface area contributed by atoms with E-state index in [9.17, 15) is 0 Å². The molecule has 5 aromatic carbocycles. The van der Waals surface area contributed by atoms with Gasteiger partial charge in [-0.05, 0) is 47.5 Å².